The van der Waals surface area contributed by atoms with Gasteiger partial charge in [0.05, 0.1) is 17.7 Å². The van der Waals surface area contributed by atoms with E-state index >= 15 is 0 Å². The maximum Gasteiger partial charge on any atom is 0.264 e. The Morgan fingerprint density at radius 1 is 0.950 bits per heavy atom. The summed E-state index contributed by atoms with van der Waals surface area (Å²) >= 11 is 0. The van der Waals surface area contributed by atoms with Gasteiger partial charge in [-0.15, -0.1) is 0 Å². The highest BCUT2D eigenvalue weighted by atomic mass is 32.2. The number of hydrogen-bond acceptors (Lipinski definition) is 5. The number of carbonyl (C=O) groups excluding carboxylic acids is 2. The molecule has 9 heteroatoms. The van der Waals surface area contributed by atoms with Crippen LogP contribution in [0.5, 0.6) is 5.75 Å². The third kappa shape index (κ3) is 7.21. The van der Waals surface area contributed by atoms with Crippen LogP contribution in [0.2, 0.25) is 0 Å². The Labute approximate surface area is 238 Å². The normalized spacial score (nSPS) is 11.9. The summed E-state index contributed by atoms with van der Waals surface area (Å²) in [5.41, 5.74) is 2.90. The highest BCUT2D eigenvalue weighted by Crippen LogP contribution is 2.33. The molecule has 214 valence electrons. The smallest absolute Gasteiger partial charge is 0.264 e. The molecule has 3 aromatic carbocycles. The number of ether oxygens (including phenoxy) is 1. The fourth-order valence-electron chi connectivity index (χ4n) is 4.48. The van der Waals surface area contributed by atoms with Crippen molar-refractivity contribution >= 4 is 27.5 Å². The fourth-order valence-corrected chi connectivity index (χ4v) is 5.92. The van der Waals surface area contributed by atoms with Crippen molar-refractivity contribution in [1.29, 1.82) is 0 Å². The van der Waals surface area contributed by atoms with Crippen LogP contribution in [0.25, 0.3) is 0 Å². The Morgan fingerprint density at radius 3 is 2.25 bits per heavy atom. The standard InChI is InChI=1S/C31H39N3O5S/c1-6-19-32-31(36)27(7-2)33(21-25-14-12-11-13-24(25)4)30(35)22-34(28-20-23(3)17-18-29(28)39-5)40(37,38)26-15-9-8-10-16-26/h8-18,20,27H,6-7,19,21-22H2,1-5H3,(H,32,36). The molecule has 0 aromatic heterocycles. The van der Waals surface area contributed by atoms with Gasteiger partial charge in [-0.1, -0.05) is 62.4 Å². The Balaban J connectivity index is 2.12. The summed E-state index contributed by atoms with van der Waals surface area (Å²) in [7, 11) is -2.72. The summed E-state index contributed by atoms with van der Waals surface area (Å²) in [6.07, 6.45) is 1.12. The molecule has 0 radical (unpaired) electrons. The van der Waals surface area contributed by atoms with Crippen molar-refractivity contribution in [3.8, 4) is 5.75 Å². The lowest BCUT2D eigenvalue weighted by Crippen LogP contribution is -2.52. The topological polar surface area (TPSA) is 96.0 Å². The van der Waals surface area contributed by atoms with Crippen LogP contribution in [0.15, 0.2) is 77.7 Å². The Hall–Kier alpha value is -3.85. The average molecular weight is 566 g/mol. The largest absolute Gasteiger partial charge is 0.495 e. The number of anilines is 1. The lowest BCUT2D eigenvalue weighted by molar-refractivity contribution is -0.140. The number of rotatable bonds is 13. The summed E-state index contributed by atoms with van der Waals surface area (Å²) in [4.78, 5) is 28.9. The first-order valence-corrected chi connectivity index (χ1v) is 14.9. The molecule has 0 saturated heterocycles. The number of nitrogens with zero attached hydrogens (tertiary/aromatic N) is 2. The molecule has 0 aliphatic carbocycles. The maximum absolute atomic E-state index is 14.2. The number of carbonyl (C=O) groups is 2. The van der Waals surface area contributed by atoms with E-state index in [1.54, 1.807) is 30.3 Å². The lowest BCUT2D eigenvalue weighted by atomic mass is 10.1. The van der Waals surface area contributed by atoms with Gasteiger partial charge in [0.15, 0.2) is 0 Å². The Kier molecular flexibility index (Phi) is 10.7. The third-order valence-electron chi connectivity index (χ3n) is 6.75. The van der Waals surface area contributed by atoms with Gasteiger partial charge in [-0.2, -0.15) is 0 Å². The molecule has 0 bridgehead atoms. The number of hydrogen-bond donors (Lipinski definition) is 1. The molecule has 2 amide bonds. The van der Waals surface area contributed by atoms with Crippen LogP contribution in [-0.2, 0) is 26.2 Å². The molecule has 8 nitrogen and oxygen atoms in total. The van der Waals surface area contributed by atoms with Crippen molar-refractivity contribution in [3.63, 3.8) is 0 Å². The van der Waals surface area contributed by atoms with Gasteiger partial charge >= 0.3 is 0 Å². The highest BCUT2D eigenvalue weighted by molar-refractivity contribution is 7.92. The van der Waals surface area contributed by atoms with E-state index in [2.05, 4.69) is 5.32 Å². The van der Waals surface area contributed by atoms with Gasteiger partial charge in [0, 0.05) is 13.1 Å². The van der Waals surface area contributed by atoms with Gasteiger partial charge in [0.25, 0.3) is 10.0 Å². The number of methoxy groups -OCH3 is 1. The van der Waals surface area contributed by atoms with E-state index in [4.69, 9.17) is 4.74 Å². The second-order valence-electron chi connectivity index (χ2n) is 9.66. The zero-order chi connectivity index (χ0) is 29.3. The zero-order valence-corrected chi connectivity index (χ0v) is 24.7. The van der Waals surface area contributed by atoms with E-state index in [1.807, 2.05) is 58.0 Å². The van der Waals surface area contributed by atoms with E-state index in [-0.39, 0.29) is 23.0 Å². The molecule has 0 aliphatic heterocycles. The van der Waals surface area contributed by atoms with Crippen molar-refractivity contribution in [2.75, 3.05) is 24.5 Å². The molecular weight excluding hydrogens is 526 g/mol. The minimum Gasteiger partial charge on any atom is -0.495 e. The molecule has 1 unspecified atom stereocenters. The van der Waals surface area contributed by atoms with Crippen LogP contribution in [0, 0.1) is 13.8 Å². The van der Waals surface area contributed by atoms with Gasteiger partial charge in [-0.25, -0.2) is 8.42 Å². The van der Waals surface area contributed by atoms with Crippen molar-refractivity contribution in [3.05, 3.63) is 89.5 Å². The Morgan fingerprint density at radius 2 is 1.62 bits per heavy atom. The monoisotopic (exact) mass is 565 g/mol. The summed E-state index contributed by atoms with van der Waals surface area (Å²) < 4.78 is 34.6. The van der Waals surface area contributed by atoms with Crippen molar-refractivity contribution < 1.29 is 22.7 Å². The second-order valence-corrected chi connectivity index (χ2v) is 11.5. The molecule has 3 rings (SSSR count). The van der Waals surface area contributed by atoms with E-state index in [1.165, 1.54) is 24.1 Å². The first kappa shape index (κ1) is 30.7. The first-order valence-electron chi connectivity index (χ1n) is 13.5. The van der Waals surface area contributed by atoms with Crippen LogP contribution in [0.1, 0.15) is 43.4 Å². The van der Waals surface area contributed by atoms with E-state index in [9.17, 15) is 18.0 Å². The number of benzene rings is 3. The maximum atomic E-state index is 14.2. The lowest BCUT2D eigenvalue weighted by Gasteiger charge is -2.34. The fraction of sp³-hybridized carbons (Fsp3) is 0.355. The summed E-state index contributed by atoms with van der Waals surface area (Å²) in [6.45, 7) is 7.72. The molecule has 1 atom stereocenters. The SMILES string of the molecule is CCCNC(=O)C(CC)N(Cc1ccccc1C)C(=O)CN(c1cc(C)ccc1OC)S(=O)(=O)c1ccccc1. The molecule has 0 spiro atoms. The van der Waals surface area contributed by atoms with Crippen LogP contribution in [0.4, 0.5) is 5.69 Å². The van der Waals surface area contributed by atoms with E-state index in [0.717, 1.165) is 27.4 Å². The molecule has 0 aliphatic rings. The third-order valence-corrected chi connectivity index (χ3v) is 8.52. The molecule has 0 fully saturated rings. The van der Waals surface area contributed by atoms with Gasteiger partial charge < -0.3 is 15.0 Å². The first-order chi connectivity index (χ1) is 19.1. The Bertz CT molecular complexity index is 1410. The number of nitrogens with one attached hydrogen (secondary N) is 1. The molecule has 0 heterocycles. The summed E-state index contributed by atoms with van der Waals surface area (Å²) in [6, 6.07) is 20.0. The molecular formula is C31H39N3O5S. The average Bonchev–Trinajstić information content (AvgIpc) is 2.95. The molecule has 3 aromatic rings. The second kappa shape index (κ2) is 14.0. The molecule has 1 N–H and O–H groups in total. The molecule has 40 heavy (non-hydrogen) atoms. The summed E-state index contributed by atoms with van der Waals surface area (Å²) in [5.74, 6) is -0.446. The highest BCUT2D eigenvalue weighted by Gasteiger charge is 2.34. The minimum atomic E-state index is -4.17. The van der Waals surface area contributed by atoms with Crippen molar-refractivity contribution in [1.82, 2.24) is 10.2 Å². The summed E-state index contributed by atoms with van der Waals surface area (Å²) in [5, 5.41) is 2.90. The molecule has 0 saturated carbocycles. The van der Waals surface area contributed by atoms with Crippen LogP contribution >= 0.6 is 0 Å². The van der Waals surface area contributed by atoms with Crippen LogP contribution in [-0.4, -0.2) is 51.4 Å². The van der Waals surface area contributed by atoms with Crippen molar-refractivity contribution in [2.24, 2.45) is 0 Å². The number of amides is 2. The zero-order valence-electron chi connectivity index (χ0n) is 23.9. The van der Waals surface area contributed by atoms with Crippen LogP contribution < -0.4 is 14.4 Å². The quantitative estimate of drug-likeness (QED) is 0.320. The predicted octanol–water partition coefficient (Wildman–Crippen LogP) is 4.84. The van der Waals surface area contributed by atoms with Crippen LogP contribution in [0.3, 0.4) is 0 Å². The van der Waals surface area contributed by atoms with Gasteiger partial charge in [-0.05, 0) is 67.6 Å². The predicted molar refractivity (Wildman–Crippen MR) is 158 cm³/mol. The van der Waals surface area contributed by atoms with E-state index < -0.39 is 28.5 Å². The van der Waals surface area contributed by atoms with Gasteiger partial charge in [0.1, 0.15) is 18.3 Å². The van der Waals surface area contributed by atoms with Gasteiger partial charge in [-0.3, -0.25) is 13.9 Å². The van der Waals surface area contributed by atoms with Crippen molar-refractivity contribution in [2.45, 2.75) is 58.0 Å². The number of sulfonamides is 1. The number of aryl methyl sites for hydroxylation is 2. The van der Waals surface area contributed by atoms with E-state index in [0.29, 0.717) is 18.7 Å². The van der Waals surface area contributed by atoms with Gasteiger partial charge in [0.2, 0.25) is 11.8 Å². The minimum absolute atomic E-state index is 0.0459.